The maximum Gasteiger partial charge on any atom is 0.269 e. The Kier molecular flexibility index (Phi) is 6.18. The number of methoxy groups -OCH3 is 1. The molecular formula is C26H29N3O2S2. The first-order valence-corrected chi connectivity index (χ1v) is 13.1. The summed E-state index contributed by atoms with van der Waals surface area (Å²) in [6.07, 6.45) is 5.67. The van der Waals surface area contributed by atoms with Crippen molar-refractivity contribution in [2.75, 3.05) is 19.1 Å². The number of fused-ring (bicyclic) bond motifs is 1. The Morgan fingerprint density at radius 1 is 1.00 bits per heavy atom. The molecule has 0 N–H and O–H groups in total. The average molecular weight is 480 g/mol. The first kappa shape index (κ1) is 22.4. The van der Waals surface area contributed by atoms with E-state index in [0.29, 0.717) is 0 Å². The molecule has 1 amide bonds. The monoisotopic (exact) mass is 479 g/mol. The number of anilines is 1. The van der Waals surface area contributed by atoms with Crippen LogP contribution in [0.2, 0.25) is 0 Å². The number of benzene rings is 2. The first-order chi connectivity index (χ1) is 16.0. The lowest BCUT2D eigenvalue weighted by Gasteiger charge is -2.30. The number of amides is 1. The summed E-state index contributed by atoms with van der Waals surface area (Å²) in [5.74, 6) is 0.905. The summed E-state index contributed by atoms with van der Waals surface area (Å²) >= 11 is 3.17. The quantitative estimate of drug-likeness (QED) is 0.463. The number of rotatable bonds is 3. The maximum absolute atomic E-state index is 13.8. The molecule has 5 rings (SSSR count). The van der Waals surface area contributed by atoms with E-state index in [1.165, 1.54) is 42.2 Å². The average Bonchev–Trinajstić information content (AvgIpc) is 3.32. The highest BCUT2D eigenvalue weighted by molar-refractivity contribution is 8.19. The second-order valence-corrected chi connectivity index (χ2v) is 10.9. The molecule has 172 valence electrons. The first-order valence-electron chi connectivity index (χ1n) is 11.5. The van der Waals surface area contributed by atoms with E-state index in [1.807, 2.05) is 30.1 Å². The van der Waals surface area contributed by atoms with E-state index < -0.39 is 0 Å². The minimum Gasteiger partial charge on any atom is -0.497 e. The molecule has 2 aromatic rings. The van der Waals surface area contributed by atoms with Crippen LogP contribution in [0.3, 0.4) is 0 Å². The molecule has 2 heterocycles. The lowest BCUT2D eigenvalue weighted by molar-refractivity contribution is -0.124. The fourth-order valence-corrected chi connectivity index (χ4v) is 7.00. The van der Waals surface area contributed by atoms with E-state index in [1.54, 1.807) is 18.9 Å². The number of ether oxygens (including phenoxy) is 1. The Hall–Kier alpha value is -2.38. The van der Waals surface area contributed by atoms with Gasteiger partial charge in [-0.15, -0.1) is 0 Å². The Balaban J connectivity index is 1.55. The van der Waals surface area contributed by atoms with Crippen LogP contribution in [0.1, 0.15) is 43.2 Å². The summed E-state index contributed by atoms with van der Waals surface area (Å²) in [4.78, 5) is 24.8. The van der Waals surface area contributed by atoms with Gasteiger partial charge in [0.2, 0.25) is 0 Å². The van der Waals surface area contributed by atoms with E-state index in [4.69, 9.17) is 9.73 Å². The molecule has 0 spiro atoms. The highest BCUT2D eigenvalue weighted by atomic mass is 32.2. The van der Waals surface area contributed by atoms with E-state index in [0.717, 1.165) is 50.0 Å². The van der Waals surface area contributed by atoms with Gasteiger partial charge in [-0.05, 0) is 73.8 Å². The third-order valence-corrected chi connectivity index (χ3v) is 9.11. The summed E-state index contributed by atoms with van der Waals surface area (Å²) in [6, 6.07) is 12.5. The van der Waals surface area contributed by atoms with Gasteiger partial charge in [-0.25, -0.2) is 4.99 Å². The van der Waals surface area contributed by atoms with Crippen LogP contribution in [0.4, 0.5) is 11.4 Å². The molecule has 0 atom stereocenters. The largest absolute Gasteiger partial charge is 0.497 e. The van der Waals surface area contributed by atoms with Crippen LogP contribution < -0.4 is 9.64 Å². The minimum atomic E-state index is 0.0867. The Morgan fingerprint density at radius 2 is 1.79 bits per heavy atom. The third kappa shape index (κ3) is 4.17. The summed E-state index contributed by atoms with van der Waals surface area (Å²) in [5, 5.41) is 1.78. The molecule has 0 aromatic heterocycles. The normalized spacial score (nSPS) is 22.4. The summed E-state index contributed by atoms with van der Waals surface area (Å²) in [5.41, 5.74) is 4.43. The molecule has 33 heavy (non-hydrogen) atoms. The second kappa shape index (κ2) is 9.11. The van der Waals surface area contributed by atoms with Crippen LogP contribution in [0.5, 0.6) is 5.75 Å². The van der Waals surface area contributed by atoms with Crippen molar-refractivity contribution in [2.45, 2.75) is 56.9 Å². The van der Waals surface area contributed by atoms with Gasteiger partial charge in [0.1, 0.15) is 10.7 Å². The summed E-state index contributed by atoms with van der Waals surface area (Å²) in [6.45, 7) is 4.21. The van der Waals surface area contributed by atoms with Crippen molar-refractivity contribution in [1.29, 1.82) is 0 Å². The van der Waals surface area contributed by atoms with Crippen LogP contribution in [0, 0.1) is 13.8 Å². The van der Waals surface area contributed by atoms with Gasteiger partial charge >= 0.3 is 0 Å². The molecule has 1 saturated carbocycles. The molecule has 2 fully saturated rings. The Labute approximate surface area is 204 Å². The van der Waals surface area contributed by atoms with Gasteiger partial charge in [-0.1, -0.05) is 37.1 Å². The highest BCUT2D eigenvalue weighted by Crippen LogP contribution is 2.51. The Morgan fingerprint density at radius 3 is 2.52 bits per heavy atom. The smallest absolute Gasteiger partial charge is 0.269 e. The third-order valence-electron chi connectivity index (χ3n) is 6.70. The maximum atomic E-state index is 13.8. The summed E-state index contributed by atoms with van der Waals surface area (Å²) in [7, 11) is 3.70. The zero-order valence-corrected chi connectivity index (χ0v) is 21.2. The molecule has 0 bridgehead atoms. The molecule has 7 heteroatoms. The molecular weight excluding hydrogens is 450 g/mol. The molecule has 2 aliphatic heterocycles. The lowest BCUT2D eigenvalue weighted by Crippen LogP contribution is -2.40. The van der Waals surface area contributed by atoms with Gasteiger partial charge < -0.3 is 9.64 Å². The van der Waals surface area contributed by atoms with Crippen LogP contribution in [0.15, 0.2) is 56.2 Å². The van der Waals surface area contributed by atoms with Crippen LogP contribution in [-0.2, 0) is 4.79 Å². The van der Waals surface area contributed by atoms with Crippen molar-refractivity contribution in [3.05, 3.63) is 57.5 Å². The number of amidine groups is 1. The fraction of sp³-hybridized carbons (Fsp3) is 0.385. The Bertz CT molecular complexity index is 1170. The fourth-order valence-electron chi connectivity index (χ4n) is 4.61. The van der Waals surface area contributed by atoms with Gasteiger partial charge in [-0.3, -0.25) is 9.69 Å². The number of carbonyl (C=O) groups excluding carboxylic acids is 1. The van der Waals surface area contributed by atoms with Gasteiger partial charge in [0.25, 0.3) is 5.91 Å². The number of nitrogens with zero attached hydrogens (tertiary/aromatic N) is 3. The van der Waals surface area contributed by atoms with Crippen molar-refractivity contribution in [3.63, 3.8) is 0 Å². The number of aliphatic imine (C=N–C) groups is 1. The van der Waals surface area contributed by atoms with E-state index in [-0.39, 0.29) is 11.9 Å². The number of hydrogen-bond donors (Lipinski definition) is 0. The lowest BCUT2D eigenvalue weighted by atomic mass is 9.94. The molecule has 0 unspecified atom stereocenters. The van der Waals surface area contributed by atoms with Crippen molar-refractivity contribution in [3.8, 4) is 5.75 Å². The van der Waals surface area contributed by atoms with Gasteiger partial charge in [0, 0.05) is 24.1 Å². The van der Waals surface area contributed by atoms with Crippen molar-refractivity contribution >= 4 is 46.0 Å². The standard InChI is InChI=1S/C26H29N3O2S2/c1-16-10-11-18(14-17(16)2)27-26-29(19-8-6-5-7-9-19)24(30)23(33-26)25-28(3)21-15-20(31-4)12-13-22(21)32-25/h10-15,19H,5-9H2,1-4H3/b25-23-,27-26?. The van der Waals surface area contributed by atoms with E-state index in [2.05, 4.69) is 36.9 Å². The number of hydrogen-bond acceptors (Lipinski definition) is 6. The van der Waals surface area contributed by atoms with Crippen molar-refractivity contribution in [2.24, 2.45) is 4.99 Å². The van der Waals surface area contributed by atoms with E-state index in [9.17, 15) is 4.79 Å². The molecule has 1 aliphatic carbocycles. The zero-order valence-electron chi connectivity index (χ0n) is 19.6. The van der Waals surface area contributed by atoms with Gasteiger partial charge in [0.15, 0.2) is 5.17 Å². The van der Waals surface area contributed by atoms with Gasteiger partial charge in [0.05, 0.1) is 23.5 Å². The van der Waals surface area contributed by atoms with Crippen molar-refractivity contribution < 1.29 is 9.53 Å². The molecule has 2 aromatic carbocycles. The van der Waals surface area contributed by atoms with Crippen LogP contribution in [-0.4, -0.2) is 36.2 Å². The molecule has 5 nitrogen and oxygen atoms in total. The topological polar surface area (TPSA) is 45.1 Å². The number of aryl methyl sites for hydroxylation is 2. The molecule has 0 radical (unpaired) electrons. The zero-order chi connectivity index (χ0) is 23.1. The predicted octanol–water partition coefficient (Wildman–Crippen LogP) is 6.62. The number of carbonyl (C=O) groups is 1. The van der Waals surface area contributed by atoms with Crippen LogP contribution >= 0.6 is 23.5 Å². The van der Waals surface area contributed by atoms with Gasteiger partial charge in [-0.2, -0.15) is 0 Å². The van der Waals surface area contributed by atoms with Crippen LogP contribution in [0.25, 0.3) is 0 Å². The molecule has 1 saturated heterocycles. The van der Waals surface area contributed by atoms with E-state index >= 15 is 0 Å². The number of thioether (sulfide) groups is 2. The predicted molar refractivity (Wildman–Crippen MR) is 139 cm³/mol. The van der Waals surface area contributed by atoms with Crippen molar-refractivity contribution in [1.82, 2.24) is 4.90 Å². The molecule has 3 aliphatic rings. The highest BCUT2D eigenvalue weighted by Gasteiger charge is 2.42. The SMILES string of the molecule is COc1ccc2c(c1)N(C)/C(=C1/SC(=Nc3ccc(C)c(C)c3)N(C3CCCCC3)C1=O)S2. The summed E-state index contributed by atoms with van der Waals surface area (Å²) < 4.78 is 5.42. The minimum absolute atomic E-state index is 0.0867. The second-order valence-electron chi connectivity index (χ2n) is 8.86.